The van der Waals surface area contributed by atoms with Gasteiger partial charge in [-0.1, -0.05) is 0 Å². The number of likely N-dealkylation sites (N-methyl/N-ethyl adjacent to an activating group) is 1. The summed E-state index contributed by atoms with van der Waals surface area (Å²) in [7, 11) is 5.24. The van der Waals surface area contributed by atoms with E-state index in [2.05, 4.69) is 5.32 Å². The lowest BCUT2D eigenvalue weighted by Gasteiger charge is -2.09. The van der Waals surface area contributed by atoms with Gasteiger partial charge >= 0.3 is 6.09 Å². The SMILES string of the molecule is COc1ccc(NC(=O)Oc2ccc(C(=O)CN(C)C)cc2)cc1. The molecule has 0 saturated carbocycles. The Morgan fingerprint density at radius 1 is 0.958 bits per heavy atom. The number of rotatable bonds is 6. The average Bonchev–Trinajstić information content (AvgIpc) is 2.55. The molecule has 0 aliphatic rings. The average molecular weight is 328 g/mol. The zero-order valence-electron chi connectivity index (χ0n) is 13.9. The summed E-state index contributed by atoms with van der Waals surface area (Å²) in [5.74, 6) is 1.07. The van der Waals surface area contributed by atoms with Crippen LogP contribution in [0.4, 0.5) is 10.5 Å². The number of anilines is 1. The first-order valence-corrected chi connectivity index (χ1v) is 7.39. The summed E-state index contributed by atoms with van der Waals surface area (Å²) in [6.07, 6.45) is -0.604. The highest BCUT2D eigenvalue weighted by molar-refractivity contribution is 5.97. The molecule has 0 saturated heterocycles. The van der Waals surface area contributed by atoms with E-state index in [1.165, 1.54) is 0 Å². The fourth-order valence-electron chi connectivity index (χ4n) is 2.01. The van der Waals surface area contributed by atoms with Gasteiger partial charge in [-0.15, -0.1) is 0 Å². The maximum absolute atomic E-state index is 11.9. The lowest BCUT2D eigenvalue weighted by atomic mass is 10.1. The molecule has 126 valence electrons. The summed E-state index contributed by atoms with van der Waals surface area (Å²) in [6, 6.07) is 13.4. The molecule has 1 amide bonds. The van der Waals surface area contributed by atoms with Crippen molar-refractivity contribution in [2.24, 2.45) is 0 Å². The van der Waals surface area contributed by atoms with Crippen molar-refractivity contribution < 1.29 is 19.1 Å². The lowest BCUT2D eigenvalue weighted by Crippen LogP contribution is -2.21. The minimum absolute atomic E-state index is 0.00855. The number of methoxy groups -OCH3 is 1. The van der Waals surface area contributed by atoms with Crippen LogP contribution in [0.25, 0.3) is 0 Å². The van der Waals surface area contributed by atoms with Crippen LogP contribution >= 0.6 is 0 Å². The second-order valence-electron chi connectivity index (χ2n) is 5.43. The Labute approximate surface area is 141 Å². The Morgan fingerprint density at radius 3 is 2.08 bits per heavy atom. The number of carbonyl (C=O) groups excluding carboxylic acids is 2. The van der Waals surface area contributed by atoms with Gasteiger partial charge in [0.05, 0.1) is 13.7 Å². The van der Waals surface area contributed by atoms with E-state index >= 15 is 0 Å². The van der Waals surface area contributed by atoms with Crippen molar-refractivity contribution in [3.8, 4) is 11.5 Å². The van der Waals surface area contributed by atoms with Crippen LogP contribution in [0.1, 0.15) is 10.4 Å². The molecule has 24 heavy (non-hydrogen) atoms. The number of benzene rings is 2. The highest BCUT2D eigenvalue weighted by Gasteiger charge is 2.09. The van der Waals surface area contributed by atoms with Crippen molar-refractivity contribution in [1.29, 1.82) is 0 Å². The van der Waals surface area contributed by atoms with Crippen molar-refractivity contribution in [2.45, 2.75) is 0 Å². The maximum atomic E-state index is 11.9. The van der Waals surface area contributed by atoms with E-state index in [1.807, 2.05) is 14.1 Å². The third-order valence-corrected chi connectivity index (χ3v) is 3.18. The Kier molecular flexibility index (Phi) is 5.92. The van der Waals surface area contributed by atoms with E-state index in [1.54, 1.807) is 60.5 Å². The predicted octanol–water partition coefficient (Wildman–Crippen LogP) is 3.05. The number of ether oxygens (including phenoxy) is 2. The van der Waals surface area contributed by atoms with Gasteiger partial charge < -0.3 is 14.4 Å². The summed E-state index contributed by atoms with van der Waals surface area (Å²) in [6.45, 7) is 0.332. The summed E-state index contributed by atoms with van der Waals surface area (Å²) < 4.78 is 10.2. The standard InChI is InChI=1S/C18H20N2O4/c1-20(2)12-17(21)13-4-8-16(9-5-13)24-18(22)19-14-6-10-15(23-3)11-7-14/h4-11H,12H2,1-3H3,(H,19,22). The fourth-order valence-corrected chi connectivity index (χ4v) is 2.01. The van der Waals surface area contributed by atoms with Gasteiger partial charge in [0.1, 0.15) is 11.5 Å². The molecule has 6 nitrogen and oxygen atoms in total. The molecule has 0 aliphatic heterocycles. The van der Waals surface area contributed by atoms with Crippen LogP contribution in [0.15, 0.2) is 48.5 Å². The second kappa shape index (κ2) is 8.12. The normalized spacial score (nSPS) is 10.3. The molecule has 0 bridgehead atoms. The molecule has 0 heterocycles. The lowest BCUT2D eigenvalue weighted by molar-refractivity contribution is 0.0958. The molecule has 2 aromatic carbocycles. The summed E-state index contributed by atoms with van der Waals surface area (Å²) in [4.78, 5) is 25.6. The number of hydrogen-bond acceptors (Lipinski definition) is 5. The molecule has 2 rings (SSSR count). The van der Waals surface area contributed by atoms with Crippen LogP contribution in [0.3, 0.4) is 0 Å². The van der Waals surface area contributed by atoms with Crippen LogP contribution in [-0.4, -0.2) is 44.5 Å². The van der Waals surface area contributed by atoms with E-state index in [0.717, 1.165) is 0 Å². The summed E-state index contributed by atoms with van der Waals surface area (Å²) in [5.41, 5.74) is 1.17. The van der Waals surface area contributed by atoms with Gasteiger partial charge in [-0.05, 0) is 62.6 Å². The number of Topliss-reactive ketones (excluding diaryl/α,β-unsaturated/α-hetero) is 1. The van der Waals surface area contributed by atoms with Crippen LogP contribution in [0, 0.1) is 0 Å². The number of carbonyl (C=O) groups is 2. The molecule has 0 radical (unpaired) electrons. The molecular formula is C18H20N2O4. The Balaban J connectivity index is 1.92. The maximum Gasteiger partial charge on any atom is 0.417 e. The van der Waals surface area contributed by atoms with E-state index < -0.39 is 6.09 Å². The van der Waals surface area contributed by atoms with Crippen molar-refractivity contribution >= 4 is 17.6 Å². The van der Waals surface area contributed by atoms with E-state index in [0.29, 0.717) is 29.3 Å². The third kappa shape index (κ3) is 5.10. The smallest absolute Gasteiger partial charge is 0.417 e. The van der Waals surface area contributed by atoms with Gasteiger partial charge in [0, 0.05) is 11.3 Å². The summed E-state index contributed by atoms with van der Waals surface area (Å²) >= 11 is 0. The highest BCUT2D eigenvalue weighted by Crippen LogP contribution is 2.17. The minimum atomic E-state index is -0.604. The van der Waals surface area contributed by atoms with Crippen molar-refractivity contribution in [3.63, 3.8) is 0 Å². The molecule has 6 heteroatoms. The van der Waals surface area contributed by atoms with Gasteiger partial charge in [0.15, 0.2) is 5.78 Å². The molecule has 0 aliphatic carbocycles. The van der Waals surface area contributed by atoms with Crippen molar-refractivity contribution in [2.75, 3.05) is 33.1 Å². The summed E-state index contributed by atoms with van der Waals surface area (Å²) in [5, 5.41) is 2.61. The topological polar surface area (TPSA) is 67.9 Å². The first-order chi connectivity index (χ1) is 11.5. The zero-order valence-corrected chi connectivity index (χ0v) is 13.9. The van der Waals surface area contributed by atoms with Gasteiger partial charge in [0.2, 0.25) is 0 Å². The van der Waals surface area contributed by atoms with Crippen molar-refractivity contribution in [3.05, 3.63) is 54.1 Å². The number of hydrogen-bond donors (Lipinski definition) is 1. The quantitative estimate of drug-likeness (QED) is 0.826. The predicted molar refractivity (Wildman–Crippen MR) is 92.0 cm³/mol. The van der Waals surface area contributed by atoms with Gasteiger partial charge in [-0.2, -0.15) is 0 Å². The first-order valence-electron chi connectivity index (χ1n) is 7.39. The van der Waals surface area contributed by atoms with Crippen LogP contribution in [0.2, 0.25) is 0 Å². The second-order valence-corrected chi connectivity index (χ2v) is 5.43. The monoisotopic (exact) mass is 328 g/mol. The molecule has 0 aromatic heterocycles. The van der Waals surface area contributed by atoms with E-state index in [4.69, 9.17) is 9.47 Å². The molecule has 0 atom stereocenters. The van der Waals surface area contributed by atoms with Crippen LogP contribution < -0.4 is 14.8 Å². The molecule has 2 aromatic rings. The molecular weight excluding hydrogens is 308 g/mol. The number of nitrogens with one attached hydrogen (secondary N) is 1. The largest absolute Gasteiger partial charge is 0.497 e. The molecule has 1 N–H and O–H groups in total. The number of ketones is 1. The molecule has 0 fully saturated rings. The van der Waals surface area contributed by atoms with Gasteiger partial charge in [0.25, 0.3) is 0 Å². The Bertz CT molecular complexity index is 694. The van der Waals surface area contributed by atoms with Crippen molar-refractivity contribution in [1.82, 2.24) is 4.90 Å². The van der Waals surface area contributed by atoms with Crippen LogP contribution in [-0.2, 0) is 0 Å². The fraction of sp³-hybridized carbons (Fsp3) is 0.222. The first kappa shape index (κ1) is 17.5. The Morgan fingerprint density at radius 2 is 1.54 bits per heavy atom. The zero-order chi connectivity index (χ0) is 17.5. The molecule has 0 unspecified atom stereocenters. The van der Waals surface area contributed by atoms with Gasteiger partial charge in [-0.25, -0.2) is 4.79 Å². The Hall–Kier alpha value is -2.86. The number of nitrogens with zero attached hydrogens (tertiary/aromatic N) is 1. The highest BCUT2D eigenvalue weighted by atomic mass is 16.6. The minimum Gasteiger partial charge on any atom is -0.497 e. The van der Waals surface area contributed by atoms with E-state index in [9.17, 15) is 9.59 Å². The molecule has 0 spiro atoms. The third-order valence-electron chi connectivity index (χ3n) is 3.18. The van der Waals surface area contributed by atoms with Crippen LogP contribution in [0.5, 0.6) is 11.5 Å². The van der Waals surface area contributed by atoms with E-state index in [-0.39, 0.29) is 5.78 Å². The van der Waals surface area contributed by atoms with Gasteiger partial charge in [-0.3, -0.25) is 10.1 Å². The number of amides is 1.